The Hall–Kier alpha value is -2.28. The van der Waals surface area contributed by atoms with Gasteiger partial charge in [0.2, 0.25) is 0 Å². The number of carbonyl (C=O) groups excluding carboxylic acids is 1. The van der Waals surface area contributed by atoms with E-state index in [1.54, 1.807) is 0 Å². The van der Waals surface area contributed by atoms with Crippen molar-refractivity contribution in [1.29, 1.82) is 0 Å². The van der Waals surface area contributed by atoms with E-state index in [1.807, 2.05) is 24.3 Å². The first-order valence-corrected chi connectivity index (χ1v) is 9.78. The van der Waals surface area contributed by atoms with Gasteiger partial charge in [-0.25, -0.2) is 4.79 Å². The normalized spacial score (nSPS) is 19.5. The van der Waals surface area contributed by atoms with Crippen LogP contribution in [0.3, 0.4) is 0 Å². The molecule has 27 heavy (non-hydrogen) atoms. The number of likely N-dealkylation sites (N-methyl/N-ethyl adjacent to an activating group) is 1. The summed E-state index contributed by atoms with van der Waals surface area (Å²) in [7, 11) is 0. The number of hydrogen-bond donors (Lipinski definition) is 3. The fourth-order valence-electron chi connectivity index (χ4n) is 3.35. The first kappa shape index (κ1) is 21.0. The number of benzene rings is 1. The van der Waals surface area contributed by atoms with Gasteiger partial charge in [-0.05, 0) is 50.9 Å². The van der Waals surface area contributed by atoms with Crippen LogP contribution >= 0.6 is 0 Å². The van der Waals surface area contributed by atoms with Gasteiger partial charge in [-0.1, -0.05) is 26.0 Å². The predicted octanol–water partition coefficient (Wildman–Crippen LogP) is 3.17. The molecule has 1 fully saturated rings. The molecule has 1 aliphatic rings. The highest BCUT2D eigenvalue weighted by molar-refractivity contribution is 5.91. The van der Waals surface area contributed by atoms with Crippen molar-refractivity contribution in [3.05, 3.63) is 24.3 Å². The van der Waals surface area contributed by atoms with E-state index >= 15 is 0 Å². The summed E-state index contributed by atoms with van der Waals surface area (Å²) in [6, 6.07) is 7.11. The molecule has 1 aromatic carbocycles. The summed E-state index contributed by atoms with van der Waals surface area (Å²) in [6.07, 6.45) is 2.58. The van der Waals surface area contributed by atoms with Crippen molar-refractivity contribution in [3.63, 3.8) is 0 Å². The average Bonchev–Trinajstić information content (AvgIpc) is 2.67. The number of anilines is 1. The molecule has 0 unspecified atom stereocenters. The maximum Gasteiger partial charge on any atom is 0.319 e. The van der Waals surface area contributed by atoms with Gasteiger partial charge in [0.05, 0.1) is 11.6 Å². The van der Waals surface area contributed by atoms with Gasteiger partial charge >= 0.3 is 12.0 Å². The fraction of sp³-hybridized carbons (Fsp3) is 0.600. The van der Waals surface area contributed by atoms with E-state index in [0.29, 0.717) is 43.7 Å². The van der Waals surface area contributed by atoms with Crippen molar-refractivity contribution in [2.24, 2.45) is 5.92 Å². The van der Waals surface area contributed by atoms with Gasteiger partial charge in [0.15, 0.2) is 0 Å². The lowest BCUT2D eigenvalue weighted by molar-refractivity contribution is -0.142. The minimum absolute atomic E-state index is 0.0105. The van der Waals surface area contributed by atoms with E-state index < -0.39 is 5.97 Å². The first-order chi connectivity index (χ1) is 13.0. The molecule has 0 bridgehead atoms. The molecule has 0 heterocycles. The Bertz CT molecular complexity index is 611. The number of aliphatic carboxylic acids is 1. The van der Waals surface area contributed by atoms with Crippen molar-refractivity contribution < 1.29 is 19.4 Å². The lowest BCUT2D eigenvalue weighted by Crippen LogP contribution is -2.41. The van der Waals surface area contributed by atoms with Gasteiger partial charge in [0, 0.05) is 12.6 Å². The summed E-state index contributed by atoms with van der Waals surface area (Å²) in [5, 5.41) is 14.8. The Kier molecular flexibility index (Phi) is 8.39. The molecule has 1 aromatic rings. The Morgan fingerprint density at radius 1 is 1.15 bits per heavy atom. The van der Waals surface area contributed by atoms with Gasteiger partial charge in [-0.3, -0.25) is 4.79 Å². The van der Waals surface area contributed by atoms with Crippen LogP contribution in [0.2, 0.25) is 0 Å². The van der Waals surface area contributed by atoms with Gasteiger partial charge in [0.1, 0.15) is 12.4 Å². The molecule has 3 N–H and O–H groups in total. The molecule has 0 radical (unpaired) electrons. The van der Waals surface area contributed by atoms with Gasteiger partial charge in [-0.15, -0.1) is 0 Å². The number of carboxylic acid groups (broad SMARTS) is 1. The Morgan fingerprint density at radius 2 is 1.81 bits per heavy atom. The molecule has 0 spiro atoms. The first-order valence-electron chi connectivity index (χ1n) is 9.78. The zero-order chi connectivity index (χ0) is 19.6. The lowest BCUT2D eigenvalue weighted by atomic mass is 9.86. The minimum Gasteiger partial charge on any atom is -0.490 e. The fourth-order valence-corrected chi connectivity index (χ4v) is 3.35. The Morgan fingerprint density at radius 3 is 2.44 bits per heavy atom. The molecule has 2 rings (SSSR count). The highest BCUT2D eigenvalue weighted by Crippen LogP contribution is 2.26. The number of nitrogens with one attached hydrogen (secondary N) is 2. The van der Waals surface area contributed by atoms with Crippen LogP contribution < -0.4 is 15.4 Å². The molecule has 150 valence electrons. The topological polar surface area (TPSA) is 90.9 Å². The summed E-state index contributed by atoms with van der Waals surface area (Å²) in [5.41, 5.74) is 0.633. The Labute approximate surface area is 161 Å². The van der Waals surface area contributed by atoms with Crippen LogP contribution in [0.4, 0.5) is 10.5 Å². The molecule has 2 amide bonds. The molecular weight excluding hydrogens is 346 g/mol. The number of carbonyl (C=O) groups is 2. The number of para-hydroxylation sites is 2. The third-order valence-corrected chi connectivity index (χ3v) is 5.11. The largest absolute Gasteiger partial charge is 0.490 e. The molecule has 1 aliphatic carbocycles. The zero-order valence-corrected chi connectivity index (χ0v) is 16.2. The second-order valence-corrected chi connectivity index (χ2v) is 6.86. The zero-order valence-electron chi connectivity index (χ0n) is 16.2. The van der Waals surface area contributed by atoms with Crippen LogP contribution in [0.1, 0.15) is 39.5 Å². The SMILES string of the molecule is CCN(CC)CCOc1ccccc1NC(=O)NC1CCC(C(=O)O)CC1. The third-order valence-electron chi connectivity index (χ3n) is 5.11. The molecular formula is C20H31N3O4. The summed E-state index contributed by atoms with van der Waals surface area (Å²) in [5.74, 6) is -0.380. The van der Waals surface area contributed by atoms with Gasteiger partial charge in [0.25, 0.3) is 0 Å². The summed E-state index contributed by atoms with van der Waals surface area (Å²) >= 11 is 0. The van der Waals surface area contributed by atoms with Gasteiger partial charge in [-0.2, -0.15) is 0 Å². The maximum atomic E-state index is 12.3. The third kappa shape index (κ3) is 6.75. The highest BCUT2D eigenvalue weighted by atomic mass is 16.5. The molecule has 0 aromatic heterocycles. The van der Waals surface area contributed by atoms with Crippen LogP contribution in [0.15, 0.2) is 24.3 Å². The number of amides is 2. The van der Waals surface area contributed by atoms with Crippen molar-refractivity contribution in [2.45, 2.75) is 45.6 Å². The summed E-state index contributed by atoms with van der Waals surface area (Å²) < 4.78 is 5.85. The van der Waals surface area contributed by atoms with E-state index in [9.17, 15) is 9.59 Å². The standard InChI is InChI=1S/C20H31N3O4/c1-3-23(4-2)13-14-27-18-8-6-5-7-17(18)22-20(26)21-16-11-9-15(10-12-16)19(24)25/h5-8,15-16H,3-4,9-14H2,1-2H3,(H,24,25)(H2,21,22,26). The number of hydrogen-bond acceptors (Lipinski definition) is 4. The highest BCUT2D eigenvalue weighted by Gasteiger charge is 2.26. The smallest absolute Gasteiger partial charge is 0.319 e. The second-order valence-electron chi connectivity index (χ2n) is 6.86. The predicted molar refractivity (Wildman–Crippen MR) is 105 cm³/mol. The number of nitrogens with zero attached hydrogens (tertiary/aromatic N) is 1. The van der Waals surface area contributed by atoms with E-state index in [2.05, 4.69) is 29.4 Å². The maximum absolute atomic E-state index is 12.3. The van der Waals surface area contributed by atoms with Crippen LogP contribution in [-0.4, -0.2) is 54.3 Å². The van der Waals surface area contributed by atoms with Gasteiger partial charge < -0.3 is 25.4 Å². The molecule has 0 aliphatic heterocycles. The van der Waals surface area contributed by atoms with Crippen molar-refractivity contribution in [2.75, 3.05) is 31.6 Å². The van der Waals surface area contributed by atoms with Crippen LogP contribution in [0, 0.1) is 5.92 Å². The van der Waals surface area contributed by atoms with Crippen LogP contribution in [-0.2, 0) is 4.79 Å². The van der Waals surface area contributed by atoms with E-state index in [-0.39, 0.29) is 18.0 Å². The van der Waals surface area contributed by atoms with Crippen LogP contribution in [0.5, 0.6) is 5.75 Å². The summed E-state index contributed by atoms with van der Waals surface area (Å²) in [4.78, 5) is 25.6. The second kappa shape index (κ2) is 10.8. The monoisotopic (exact) mass is 377 g/mol. The molecule has 7 nitrogen and oxygen atoms in total. The molecule has 0 saturated heterocycles. The number of rotatable bonds is 9. The number of urea groups is 1. The molecule has 7 heteroatoms. The lowest BCUT2D eigenvalue weighted by Gasteiger charge is -2.27. The quantitative estimate of drug-likeness (QED) is 0.615. The summed E-state index contributed by atoms with van der Waals surface area (Å²) in [6.45, 7) is 7.58. The average molecular weight is 377 g/mol. The van der Waals surface area contributed by atoms with E-state index in [1.165, 1.54) is 0 Å². The molecule has 1 saturated carbocycles. The van der Waals surface area contributed by atoms with E-state index in [4.69, 9.17) is 9.84 Å². The number of ether oxygens (including phenoxy) is 1. The van der Waals surface area contributed by atoms with E-state index in [0.717, 1.165) is 19.6 Å². The molecule has 0 atom stereocenters. The minimum atomic E-state index is -0.742. The van der Waals surface area contributed by atoms with Crippen molar-refractivity contribution >= 4 is 17.7 Å². The Balaban J connectivity index is 1.82. The number of carboxylic acids is 1. The van der Waals surface area contributed by atoms with Crippen molar-refractivity contribution in [3.8, 4) is 5.75 Å². The van der Waals surface area contributed by atoms with Crippen LogP contribution in [0.25, 0.3) is 0 Å². The van der Waals surface area contributed by atoms with Crippen molar-refractivity contribution in [1.82, 2.24) is 10.2 Å².